The van der Waals surface area contributed by atoms with E-state index in [4.69, 9.17) is 0 Å². The molecule has 0 aliphatic heterocycles. The van der Waals surface area contributed by atoms with Gasteiger partial charge in [-0.05, 0) is 22.4 Å². The molecule has 0 saturated carbocycles. The molecule has 1 heteroatoms. The van der Waals surface area contributed by atoms with Crippen molar-refractivity contribution < 1.29 is 0 Å². The monoisotopic (exact) mass is 255 g/mol. The van der Waals surface area contributed by atoms with E-state index < -0.39 is 0 Å². The zero-order valence-electron chi connectivity index (χ0n) is 11.0. The number of nitrogens with zero attached hydrogens (tertiary/aromatic N) is 1. The number of rotatable bonds is 1. The largest absolute Gasteiger partial charge is 0.256 e. The van der Waals surface area contributed by atoms with Crippen LogP contribution in [0.25, 0.3) is 32.8 Å². The summed E-state index contributed by atoms with van der Waals surface area (Å²) in [7, 11) is 0. The minimum absolute atomic E-state index is 1.06. The smallest absolute Gasteiger partial charge is 0.0780 e. The number of hydrogen-bond acceptors (Lipinski definition) is 1. The van der Waals surface area contributed by atoms with Crippen LogP contribution in [0.15, 0.2) is 79.0 Å². The van der Waals surface area contributed by atoms with Crippen molar-refractivity contribution in [3.05, 3.63) is 79.0 Å². The van der Waals surface area contributed by atoms with Gasteiger partial charge in [0.15, 0.2) is 0 Å². The summed E-state index contributed by atoms with van der Waals surface area (Å²) in [4.78, 5) is 4.56. The van der Waals surface area contributed by atoms with Gasteiger partial charge in [-0.2, -0.15) is 0 Å². The number of fused-ring (bicyclic) bond motifs is 2. The van der Waals surface area contributed by atoms with Crippen LogP contribution in [0.2, 0.25) is 0 Å². The molecule has 0 amide bonds. The Labute approximate surface area is 117 Å². The second kappa shape index (κ2) is 4.46. The van der Waals surface area contributed by atoms with Gasteiger partial charge in [-0.15, -0.1) is 0 Å². The molecule has 1 heterocycles. The highest BCUT2D eigenvalue weighted by atomic mass is 14.6. The van der Waals surface area contributed by atoms with Crippen LogP contribution in [0.4, 0.5) is 0 Å². The van der Waals surface area contributed by atoms with E-state index in [9.17, 15) is 0 Å². The van der Waals surface area contributed by atoms with Crippen LogP contribution in [-0.4, -0.2) is 4.98 Å². The zero-order chi connectivity index (χ0) is 13.4. The van der Waals surface area contributed by atoms with Crippen LogP contribution in [-0.2, 0) is 0 Å². The van der Waals surface area contributed by atoms with Crippen molar-refractivity contribution >= 4 is 21.7 Å². The predicted octanol–water partition coefficient (Wildman–Crippen LogP) is 5.06. The van der Waals surface area contributed by atoms with E-state index in [2.05, 4.69) is 71.7 Å². The second-order valence-electron chi connectivity index (χ2n) is 4.91. The van der Waals surface area contributed by atoms with Gasteiger partial charge in [0.2, 0.25) is 0 Å². The molecule has 1 aromatic heterocycles. The molecule has 0 spiro atoms. The van der Waals surface area contributed by atoms with Gasteiger partial charge < -0.3 is 0 Å². The summed E-state index contributed by atoms with van der Waals surface area (Å²) in [5.74, 6) is 0. The Balaban J connectivity index is 2.12. The lowest BCUT2D eigenvalue weighted by atomic mass is 9.96. The summed E-state index contributed by atoms with van der Waals surface area (Å²) in [5.41, 5.74) is 3.50. The molecule has 0 aliphatic carbocycles. The number of benzene rings is 3. The van der Waals surface area contributed by atoms with Crippen molar-refractivity contribution in [2.45, 2.75) is 0 Å². The van der Waals surface area contributed by atoms with Gasteiger partial charge in [0.1, 0.15) is 0 Å². The van der Waals surface area contributed by atoms with E-state index in [-0.39, 0.29) is 0 Å². The molecule has 0 bridgehead atoms. The fourth-order valence-electron chi connectivity index (χ4n) is 2.78. The molecule has 3 aromatic carbocycles. The highest BCUT2D eigenvalue weighted by molar-refractivity contribution is 6.03. The molecule has 0 aliphatic rings. The molecule has 0 N–H and O–H groups in total. The first-order valence-corrected chi connectivity index (χ1v) is 6.75. The van der Waals surface area contributed by atoms with Crippen LogP contribution in [0.5, 0.6) is 0 Å². The van der Waals surface area contributed by atoms with Crippen LogP contribution in [0.3, 0.4) is 0 Å². The topological polar surface area (TPSA) is 12.9 Å². The Morgan fingerprint density at radius 2 is 1.25 bits per heavy atom. The fraction of sp³-hybridized carbons (Fsp3) is 0. The number of para-hydroxylation sites is 1. The summed E-state index contributed by atoms with van der Waals surface area (Å²) in [6.07, 6.45) is 1.86. The molecule has 20 heavy (non-hydrogen) atoms. The average Bonchev–Trinajstić information content (AvgIpc) is 2.54. The highest BCUT2D eigenvalue weighted by Crippen LogP contribution is 2.32. The second-order valence-corrected chi connectivity index (χ2v) is 4.91. The third-order valence-corrected chi connectivity index (χ3v) is 3.71. The number of hydrogen-bond donors (Lipinski definition) is 0. The van der Waals surface area contributed by atoms with Crippen molar-refractivity contribution in [3.8, 4) is 11.1 Å². The lowest BCUT2D eigenvalue weighted by Gasteiger charge is -2.09. The molecule has 1 nitrogen and oxygen atoms in total. The third-order valence-electron chi connectivity index (χ3n) is 3.71. The Bertz CT molecular complexity index is 821. The average molecular weight is 255 g/mol. The van der Waals surface area contributed by atoms with Crippen molar-refractivity contribution in [1.29, 1.82) is 0 Å². The maximum absolute atomic E-state index is 4.56. The molecule has 0 fully saturated rings. The molecule has 0 atom stereocenters. The van der Waals surface area contributed by atoms with Crippen LogP contribution >= 0.6 is 0 Å². The minimum Gasteiger partial charge on any atom is -0.256 e. The fourth-order valence-corrected chi connectivity index (χ4v) is 2.78. The highest BCUT2D eigenvalue weighted by Gasteiger charge is 2.07. The molecular formula is C19H13N. The summed E-state index contributed by atoms with van der Waals surface area (Å²) >= 11 is 0. The van der Waals surface area contributed by atoms with E-state index in [1.165, 1.54) is 27.3 Å². The minimum atomic E-state index is 1.06. The first-order chi connectivity index (χ1) is 9.93. The quantitative estimate of drug-likeness (QED) is 0.463. The van der Waals surface area contributed by atoms with E-state index in [0.29, 0.717) is 0 Å². The molecule has 0 radical (unpaired) electrons. The van der Waals surface area contributed by atoms with Gasteiger partial charge in [0, 0.05) is 17.1 Å². The third kappa shape index (κ3) is 1.68. The van der Waals surface area contributed by atoms with Crippen LogP contribution in [0, 0.1) is 0 Å². The first kappa shape index (κ1) is 11.2. The number of aromatic nitrogens is 1. The molecular weight excluding hydrogens is 242 g/mol. The van der Waals surface area contributed by atoms with Crippen LogP contribution < -0.4 is 0 Å². The van der Waals surface area contributed by atoms with E-state index >= 15 is 0 Å². The van der Waals surface area contributed by atoms with Gasteiger partial charge in [0.25, 0.3) is 0 Å². The van der Waals surface area contributed by atoms with Gasteiger partial charge in [0.05, 0.1) is 5.52 Å². The van der Waals surface area contributed by atoms with Crippen molar-refractivity contribution in [2.24, 2.45) is 0 Å². The van der Waals surface area contributed by atoms with Crippen molar-refractivity contribution in [1.82, 2.24) is 4.98 Å². The van der Waals surface area contributed by atoms with Gasteiger partial charge >= 0.3 is 0 Å². The maximum Gasteiger partial charge on any atom is 0.0780 e. The molecule has 0 unspecified atom stereocenters. The SMILES string of the molecule is c1ccc2c(-c3cccc4cccnc34)cccc2c1. The predicted molar refractivity (Wildman–Crippen MR) is 84.7 cm³/mol. The van der Waals surface area contributed by atoms with E-state index in [1.807, 2.05) is 12.3 Å². The van der Waals surface area contributed by atoms with Gasteiger partial charge in [-0.25, -0.2) is 0 Å². The molecule has 0 saturated heterocycles. The van der Waals surface area contributed by atoms with Crippen molar-refractivity contribution in [3.63, 3.8) is 0 Å². The first-order valence-electron chi connectivity index (χ1n) is 6.75. The zero-order valence-corrected chi connectivity index (χ0v) is 11.0. The summed E-state index contributed by atoms with van der Waals surface area (Å²) < 4.78 is 0. The standard InChI is InChI=1S/C19H13N/c1-2-10-16-14(6-1)7-3-11-17(16)18-12-4-8-15-9-5-13-20-19(15)18/h1-13H. The Kier molecular flexibility index (Phi) is 2.49. The Morgan fingerprint density at radius 3 is 2.20 bits per heavy atom. The summed E-state index contributed by atoms with van der Waals surface area (Å²) in [5, 5.41) is 3.71. The number of pyridine rings is 1. The van der Waals surface area contributed by atoms with Crippen molar-refractivity contribution in [2.75, 3.05) is 0 Å². The lowest BCUT2D eigenvalue weighted by molar-refractivity contribution is 1.41. The molecule has 4 aromatic rings. The normalized spacial score (nSPS) is 11.0. The van der Waals surface area contributed by atoms with Crippen LogP contribution in [0.1, 0.15) is 0 Å². The lowest BCUT2D eigenvalue weighted by Crippen LogP contribution is -1.85. The van der Waals surface area contributed by atoms with Gasteiger partial charge in [-0.1, -0.05) is 66.7 Å². The Hall–Kier alpha value is -2.67. The summed E-state index contributed by atoms with van der Waals surface area (Å²) in [6.45, 7) is 0. The van der Waals surface area contributed by atoms with Gasteiger partial charge in [-0.3, -0.25) is 4.98 Å². The molecule has 4 rings (SSSR count). The Morgan fingerprint density at radius 1 is 0.550 bits per heavy atom. The molecule has 94 valence electrons. The maximum atomic E-state index is 4.56. The van der Waals surface area contributed by atoms with E-state index in [0.717, 1.165) is 5.52 Å². The van der Waals surface area contributed by atoms with E-state index in [1.54, 1.807) is 0 Å². The summed E-state index contributed by atoms with van der Waals surface area (Å²) in [6, 6.07) is 25.4.